The number of halogens is 1. The number of aliphatic hydroxyl groups is 2. The van der Waals surface area contributed by atoms with Gasteiger partial charge in [-0.25, -0.2) is 0 Å². The van der Waals surface area contributed by atoms with Crippen LogP contribution >= 0.6 is 11.6 Å². The zero-order valence-electron chi connectivity index (χ0n) is 10.6. The third-order valence-electron chi connectivity index (χ3n) is 3.71. The molecule has 1 aromatic rings. The number of aliphatic hydroxyl groups excluding tert-OH is 2. The molecular formula is C14H20ClNO2. The van der Waals surface area contributed by atoms with E-state index < -0.39 is 5.54 Å². The summed E-state index contributed by atoms with van der Waals surface area (Å²) in [6.45, 7) is 1.73. The Morgan fingerprint density at radius 3 is 2.56 bits per heavy atom. The zero-order chi connectivity index (χ0) is 13.2. The van der Waals surface area contributed by atoms with Gasteiger partial charge in [-0.05, 0) is 43.4 Å². The summed E-state index contributed by atoms with van der Waals surface area (Å²) in [5, 5.41) is 22.6. The first kappa shape index (κ1) is 13.8. The number of nitrogens with one attached hydrogen (secondary N) is 1. The molecule has 1 fully saturated rings. The van der Waals surface area contributed by atoms with Gasteiger partial charge in [0.05, 0.1) is 18.8 Å². The first-order valence-corrected chi connectivity index (χ1v) is 6.69. The van der Waals surface area contributed by atoms with Crippen LogP contribution in [-0.4, -0.2) is 35.0 Å². The lowest BCUT2D eigenvalue weighted by atomic mass is 9.75. The molecule has 3 nitrogen and oxygen atoms in total. The normalized spacial score (nSPS) is 23.8. The molecule has 1 aromatic carbocycles. The van der Waals surface area contributed by atoms with E-state index in [9.17, 15) is 10.2 Å². The molecule has 0 amide bonds. The number of benzene rings is 1. The number of hydrogen-bond acceptors (Lipinski definition) is 3. The maximum atomic E-state index is 9.23. The van der Waals surface area contributed by atoms with Crippen LogP contribution < -0.4 is 5.32 Å². The molecule has 0 spiro atoms. The van der Waals surface area contributed by atoms with Crippen LogP contribution in [-0.2, 0) is 0 Å². The van der Waals surface area contributed by atoms with E-state index in [1.807, 2.05) is 25.1 Å². The second kappa shape index (κ2) is 5.57. The standard InChI is InChI=1S/C14H20ClNO2/c1-14(8-17,9-18)16-13-6-11(7-13)10-3-2-4-12(15)5-10/h2-5,11,13,16-18H,6-9H2,1H3. The predicted molar refractivity (Wildman–Crippen MR) is 72.9 cm³/mol. The minimum Gasteiger partial charge on any atom is -0.394 e. The summed E-state index contributed by atoms with van der Waals surface area (Å²) in [5.41, 5.74) is 0.694. The van der Waals surface area contributed by atoms with E-state index in [-0.39, 0.29) is 13.2 Å². The average molecular weight is 270 g/mol. The number of rotatable bonds is 5. The molecule has 0 unspecified atom stereocenters. The number of hydrogen-bond donors (Lipinski definition) is 3. The fraction of sp³-hybridized carbons (Fsp3) is 0.571. The third kappa shape index (κ3) is 3.04. The molecule has 18 heavy (non-hydrogen) atoms. The van der Waals surface area contributed by atoms with E-state index in [1.165, 1.54) is 5.56 Å². The van der Waals surface area contributed by atoms with Gasteiger partial charge in [-0.2, -0.15) is 0 Å². The molecule has 0 aliphatic heterocycles. The SMILES string of the molecule is CC(CO)(CO)NC1CC(c2cccc(Cl)c2)C1. The minimum atomic E-state index is -0.579. The van der Waals surface area contributed by atoms with Gasteiger partial charge >= 0.3 is 0 Å². The predicted octanol–water partition coefficient (Wildman–Crippen LogP) is 1.92. The van der Waals surface area contributed by atoms with Gasteiger partial charge in [0.2, 0.25) is 0 Å². The highest BCUT2D eigenvalue weighted by Gasteiger charge is 2.35. The van der Waals surface area contributed by atoms with Crippen LogP contribution in [0.25, 0.3) is 0 Å². The highest BCUT2D eigenvalue weighted by Crippen LogP contribution is 2.38. The fourth-order valence-corrected chi connectivity index (χ4v) is 2.60. The monoisotopic (exact) mass is 269 g/mol. The maximum Gasteiger partial charge on any atom is 0.0633 e. The van der Waals surface area contributed by atoms with Crippen molar-refractivity contribution in [3.63, 3.8) is 0 Å². The molecule has 0 heterocycles. The Labute approximate surface area is 113 Å². The van der Waals surface area contributed by atoms with Gasteiger partial charge in [-0.3, -0.25) is 0 Å². The lowest BCUT2D eigenvalue weighted by Crippen LogP contribution is -2.56. The first-order valence-electron chi connectivity index (χ1n) is 6.31. The lowest BCUT2D eigenvalue weighted by molar-refractivity contribution is 0.0780. The summed E-state index contributed by atoms with van der Waals surface area (Å²) in [6.07, 6.45) is 2.05. The molecule has 0 saturated heterocycles. The molecule has 3 N–H and O–H groups in total. The van der Waals surface area contributed by atoms with Crippen molar-refractivity contribution in [1.29, 1.82) is 0 Å². The summed E-state index contributed by atoms with van der Waals surface area (Å²) in [5.74, 6) is 0.530. The van der Waals surface area contributed by atoms with Gasteiger partial charge in [0.1, 0.15) is 0 Å². The van der Waals surface area contributed by atoms with Gasteiger partial charge in [0.15, 0.2) is 0 Å². The van der Waals surface area contributed by atoms with E-state index in [1.54, 1.807) is 0 Å². The largest absolute Gasteiger partial charge is 0.394 e. The highest BCUT2D eigenvalue weighted by atomic mass is 35.5. The van der Waals surface area contributed by atoms with Crippen LogP contribution in [0.1, 0.15) is 31.2 Å². The molecule has 0 atom stereocenters. The Balaban J connectivity index is 1.87. The summed E-state index contributed by atoms with van der Waals surface area (Å²) in [6, 6.07) is 8.33. The lowest BCUT2D eigenvalue weighted by Gasteiger charge is -2.41. The second-order valence-corrected chi connectivity index (χ2v) is 5.88. The first-order chi connectivity index (χ1) is 8.56. The van der Waals surface area contributed by atoms with Crippen LogP contribution in [0.15, 0.2) is 24.3 Å². The van der Waals surface area contributed by atoms with E-state index in [0.29, 0.717) is 12.0 Å². The zero-order valence-corrected chi connectivity index (χ0v) is 11.3. The van der Waals surface area contributed by atoms with Crippen molar-refractivity contribution in [3.8, 4) is 0 Å². The van der Waals surface area contributed by atoms with Crippen molar-refractivity contribution in [1.82, 2.24) is 5.32 Å². The molecular weight excluding hydrogens is 250 g/mol. The van der Waals surface area contributed by atoms with E-state index in [0.717, 1.165) is 17.9 Å². The van der Waals surface area contributed by atoms with Crippen molar-refractivity contribution < 1.29 is 10.2 Å². The van der Waals surface area contributed by atoms with Crippen molar-refractivity contribution in [2.75, 3.05) is 13.2 Å². The van der Waals surface area contributed by atoms with Gasteiger partial charge in [0, 0.05) is 11.1 Å². The molecule has 1 aliphatic carbocycles. The van der Waals surface area contributed by atoms with Crippen LogP contribution in [0.2, 0.25) is 5.02 Å². The summed E-state index contributed by atoms with van der Waals surface area (Å²) < 4.78 is 0. The Hall–Kier alpha value is -0.610. The van der Waals surface area contributed by atoms with Gasteiger partial charge in [0.25, 0.3) is 0 Å². The van der Waals surface area contributed by atoms with Crippen LogP contribution in [0, 0.1) is 0 Å². The Morgan fingerprint density at radius 2 is 2.00 bits per heavy atom. The van der Waals surface area contributed by atoms with E-state index in [4.69, 9.17) is 11.6 Å². The molecule has 1 aliphatic rings. The minimum absolute atomic E-state index is 0.0537. The van der Waals surface area contributed by atoms with Gasteiger partial charge < -0.3 is 15.5 Å². The Kier molecular flexibility index (Phi) is 4.28. The summed E-state index contributed by atoms with van der Waals surface area (Å²) in [7, 11) is 0. The Bertz CT molecular complexity index is 401. The average Bonchev–Trinajstić information content (AvgIpc) is 2.33. The van der Waals surface area contributed by atoms with Crippen LogP contribution in [0.3, 0.4) is 0 Å². The van der Waals surface area contributed by atoms with E-state index in [2.05, 4.69) is 11.4 Å². The van der Waals surface area contributed by atoms with Crippen LogP contribution in [0.5, 0.6) is 0 Å². The van der Waals surface area contributed by atoms with Crippen molar-refractivity contribution >= 4 is 11.6 Å². The van der Waals surface area contributed by atoms with Gasteiger partial charge in [-0.15, -0.1) is 0 Å². The summed E-state index contributed by atoms with van der Waals surface area (Å²) >= 11 is 5.98. The second-order valence-electron chi connectivity index (χ2n) is 5.44. The smallest absolute Gasteiger partial charge is 0.0633 e. The fourth-order valence-electron chi connectivity index (χ4n) is 2.40. The molecule has 0 aromatic heterocycles. The van der Waals surface area contributed by atoms with Crippen molar-refractivity contribution in [3.05, 3.63) is 34.9 Å². The molecule has 2 rings (SSSR count). The van der Waals surface area contributed by atoms with E-state index >= 15 is 0 Å². The van der Waals surface area contributed by atoms with Gasteiger partial charge in [-0.1, -0.05) is 23.7 Å². The Morgan fingerprint density at radius 1 is 1.33 bits per heavy atom. The van der Waals surface area contributed by atoms with Crippen molar-refractivity contribution in [2.45, 2.75) is 37.3 Å². The van der Waals surface area contributed by atoms with Crippen LogP contribution in [0.4, 0.5) is 0 Å². The quantitative estimate of drug-likeness (QED) is 0.766. The molecule has 100 valence electrons. The topological polar surface area (TPSA) is 52.5 Å². The maximum absolute atomic E-state index is 9.23. The summed E-state index contributed by atoms with van der Waals surface area (Å²) in [4.78, 5) is 0. The third-order valence-corrected chi connectivity index (χ3v) is 3.94. The highest BCUT2D eigenvalue weighted by molar-refractivity contribution is 6.30. The molecule has 4 heteroatoms. The molecule has 0 bridgehead atoms. The molecule has 0 radical (unpaired) electrons. The van der Waals surface area contributed by atoms with Crippen molar-refractivity contribution in [2.24, 2.45) is 0 Å². The molecule has 1 saturated carbocycles.